The van der Waals surface area contributed by atoms with Gasteiger partial charge in [0.05, 0.1) is 29.9 Å². The summed E-state index contributed by atoms with van der Waals surface area (Å²) in [5.74, 6) is 1.79. The predicted molar refractivity (Wildman–Crippen MR) is 137 cm³/mol. The standard InChI is InChI=1S/C26H33F3N6O2/c1-14(18-10-16(26(27,28)29)11-23(30)34-18)31-24-17-12-21(20(36-6)13-19(17)32-15(2)33-24)37-25(3,4)22-8-7-9-35(22)5/h10-14,22H,7-9H2,1-6H3,(H2,30,34)(H,31,32,33)/t14-,22+/m1/s1. The minimum absolute atomic E-state index is 0.145. The minimum atomic E-state index is -4.54. The lowest BCUT2D eigenvalue weighted by atomic mass is 9.96. The molecule has 11 heteroatoms. The van der Waals surface area contributed by atoms with E-state index in [-0.39, 0.29) is 17.6 Å². The Hall–Kier alpha value is -3.34. The van der Waals surface area contributed by atoms with E-state index in [1.54, 1.807) is 27.0 Å². The number of likely N-dealkylation sites (tertiary alicyclic amines) is 1. The second-order valence-electron chi connectivity index (χ2n) is 10.1. The first-order valence-electron chi connectivity index (χ1n) is 12.2. The van der Waals surface area contributed by atoms with Crippen molar-refractivity contribution < 1.29 is 22.6 Å². The van der Waals surface area contributed by atoms with Gasteiger partial charge in [0, 0.05) is 17.5 Å². The number of aromatic nitrogens is 3. The molecule has 3 N–H and O–H groups in total. The molecule has 1 fully saturated rings. The number of halogens is 3. The number of rotatable bonds is 7. The number of alkyl halides is 3. The first kappa shape index (κ1) is 26.7. The van der Waals surface area contributed by atoms with Crippen LogP contribution in [0.4, 0.5) is 24.8 Å². The van der Waals surface area contributed by atoms with Gasteiger partial charge in [-0.3, -0.25) is 4.90 Å². The number of ether oxygens (including phenoxy) is 2. The van der Waals surface area contributed by atoms with Gasteiger partial charge in [0.1, 0.15) is 23.1 Å². The maximum atomic E-state index is 13.3. The maximum absolute atomic E-state index is 13.3. The number of hydrogen-bond donors (Lipinski definition) is 2. The average molecular weight is 519 g/mol. The topological polar surface area (TPSA) is 98.4 Å². The highest BCUT2D eigenvalue weighted by Gasteiger charge is 2.38. The van der Waals surface area contributed by atoms with E-state index in [9.17, 15) is 13.2 Å². The van der Waals surface area contributed by atoms with Gasteiger partial charge in [-0.15, -0.1) is 0 Å². The van der Waals surface area contributed by atoms with Crippen molar-refractivity contribution in [2.24, 2.45) is 0 Å². The van der Waals surface area contributed by atoms with Gasteiger partial charge in [-0.2, -0.15) is 13.2 Å². The molecule has 37 heavy (non-hydrogen) atoms. The smallest absolute Gasteiger partial charge is 0.416 e. The number of nitrogens with zero attached hydrogens (tertiary/aromatic N) is 4. The van der Waals surface area contributed by atoms with E-state index in [1.165, 1.54) is 0 Å². The minimum Gasteiger partial charge on any atom is -0.493 e. The second kappa shape index (κ2) is 9.85. The Balaban J connectivity index is 1.73. The monoisotopic (exact) mass is 518 g/mol. The molecule has 1 aliphatic heterocycles. The summed E-state index contributed by atoms with van der Waals surface area (Å²) in [5.41, 5.74) is 5.07. The lowest BCUT2D eigenvalue weighted by molar-refractivity contribution is -0.137. The van der Waals surface area contributed by atoms with Crippen LogP contribution < -0.4 is 20.5 Å². The number of hydrogen-bond acceptors (Lipinski definition) is 8. The molecule has 1 aromatic carbocycles. The van der Waals surface area contributed by atoms with Gasteiger partial charge in [-0.1, -0.05) is 0 Å². The third kappa shape index (κ3) is 5.66. The Labute approximate surface area is 214 Å². The van der Waals surface area contributed by atoms with Crippen molar-refractivity contribution in [3.8, 4) is 11.5 Å². The summed E-state index contributed by atoms with van der Waals surface area (Å²) in [6, 6.07) is 5.01. The Morgan fingerprint density at radius 3 is 2.46 bits per heavy atom. The summed E-state index contributed by atoms with van der Waals surface area (Å²) < 4.78 is 52.2. The van der Waals surface area contributed by atoms with E-state index >= 15 is 0 Å². The number of nitrogen functional groups attached to an aromatic ring is 1. The van der Waals surface area contributed by atoms with Crippen molar-refractivity contribution in [2.45, 2.75) is 64.4 Å². The molecule has 0 radical (unpaired) electrons. The van der Waals surface area contributed by atoms with E-state index in [0.717, 1.165) is 31.5 Å². The average Bonchev–Trinajstić information content (AvgIpc) is 3.24. The first-order valence-corrected chi connectivity index (χ1v) is 12.2. The van der Waals surface area contributed by atoms with Crippen LogP contribution in [0.5, 0.6) is 11.5 Å². The number of benzene rings is 1. The van der Waals surface area contributed by atoms with Crippen LogP contribution >= 0.6 is 0 Å². The molecular weight excluding hydrogens is 485 g/mol. The number of pyridine rings is 1. The van der Waals surface area contributed by atoms with Crippen LogP contribution in [0.1, 0.15) is 56.7 Å². The van der Waals surface area contributed by atoms with Crippen LogP contribution in [0.25, 0.3) is 10.9 Å². The molecule has 0 bridgehead atoms. The summed E-state index contributed by atoms with van der Waals surface area (Å²) >= 11 is 0. The van der Waals surface area contributed by atoms with Gasteiger partial charge < -0.3 is 20.5 Å². The number of likely N-dealkylation sites (N-methyl/N-ethyl adjacent to an activating group) is 1. The quantitative estimate of drug-likeness (QED) is 0.431. The van der Waals surface area contributed by atoms with Crippen LogP contribution in [0.2, 0.25) is 0 Å². The molecule has 0 spiro atoms. The molecule has 1 aliphatic rings. The van der Waals surface area contributed by atoms with Crippen molar-refractivity contribution >= 4 is 22.5 Å². The van der Waals surface area contributed by atoms with Crippen LogP contribution in [-0.4, -0.2) is 52.2 Å². The van der Waals surface area contributed by atoms with Crippen molar-refractivity contribution in [3.63, 3.8) is 0 Å². The van der Waals surface area contributed by atoms with Crippen molar-refractivity contribution in [1.29, 1.82) is 0 Å². The molecular formula is C26H33F3N6O2. The summed E-state index contributed by atoms with van der Waals surface area (Å²) in [7, 11) is 3.66. The van der Waals surface area contributed by atoms with E-state index in [0.29, 0.717) is 34.0 Å². The summed E-state index contributed by atoms with van der Waals surface area (Å²) in [6.07, 6.45) is -2.40. The second-order valence-corrected chi connectivity index (χ2v) is 10.1. The van der Waals surface area contributed by atoms with Crippen molar-refractivity contribution in [2.75, 3.05) is 31.8 Å². The van der Waals surface area contributed by atoms with Gasteiger partial charge in [-0.25, -0.2) is 15.0 Å². The predicted octanol–water partition coefficient (Wildman–Crippen LogP) is 5.37. The molecule has 2 atom stereocenters. The molecule has 3 heterocycles. The van der Waals surface area contributed by atoms with Gasteiger partial charge in [0.25, 0.3) is 0 Å². The Morgan fingerprint density at radius 2 is 1.84 bits per heavy atom. The van der Waals surface area contributed by atoms with E-state index < -0.39 is 23.4 Å². The van der Waals surface area contributed by atoms with Crippen LogP contribution in [0.3, 0.4) is 0 Å². The van der Waals surface area contributed by atoms with Gasteiger partial charge in [0.15, 0.2) is 11.5 Å². The highest BCUT2D eigenvalue weighted by molar-refractivity contribution is 5.92. The number of methoxy groups -OCH3 is 1. The van der Waals surface area contributed by atoms with Crippen LogP contribution in [-0.2, 0) is 6.18 Å². The summed E-state index contributed by atoms with van der Waals surface area (Å²) in [6.45, 7) is 8.57. The molecule has 4 rings (SSSR count). The molecule has 0 amide bonds. The van der Waals surface area contributed by atoms with Crippen LogP contribution in [0.15, 0.2) is 24.3 Å². The number of nitrogens with two attached hydrogens (primary N) is 1. The summed E-state index contributed by atoms with van der Waals surface area (Å²) in [5, 5.41) is 3.84. The Kier molecular flexibility index (Phi) is 7.11. The van der Waals surface area contributed by atoms with Crippen LogP contribution in [0, 0.1) is 6.92 Å². The molecule has 1 saturated heterocycles. The molecule has 0 unspecified atom stereocenters. The molecule has 2 aromatic heterocycles. The molecule has 0 aliphatic carbocycles. The van der Waals surface area contributed by atoms with Crippen molar-refractivity contribution in [3.05, 3.63) is 41.3 Å². The number of aryl methyl sites for hydroxylation is 1. The molecule has 3 aromatic rings. The van der Waals surface area contributed by atoms with Crippen molar-refractivity contribution in [1.82, 2.24) is 19.9 Å². The number of fused-ring (bicyclic) bond motifs is 1. The zero-order valence-electron chi connectivity index (χ0n) is 21.9. The maximum Gasteiger partial charge on any atom is 0.416 e. The highest BCUT2D eigenvalue weighted by Crippen LogP contribution is 2.39. The fraction of sp³-hybridized carbons (Fsp3) is 0.500. The van der Waals surface area contributed by atoms with Gasteiger partial charge in [0.2, 0.25) is 0 Å². The molecule has 8 nitrogen and oxygen atoms in total. The lowest BCUT2D eigenvalue weighted by Gasteiger charge is -2.36. The van der Waals surface area contributed by atoms with E-state index in [2.05, 4.69) is 46.1 Å². The summed E-state index contributed by atoms with van der Waals surface area (Å²) in [4.78, 5) is 15.5. The fourth-order valence-corrected chi connectivity index (χ4v) is 4.98. The number of nitrogens with one attached hydrogen (secondary N) is 1. The highest BCUT2D eigenvalue weighted by atomic mass is 19.4. The van der Waals surface area contributed by atoms with Gasteiger partial charge >= 0.3 is 6.18 Å². The normalized spacial score (nSPS) is 17.7. The zero-order chi connectivity index (χ0) is 27.1. The third-order valence-electron chi connectivity index (χ3n) is 6.78. The Morgan fingerprint density at radius 1 is 1.11 bits per heavy atom. The van der Waals surface area contributed by atoms with E-state index in [4.69, 9.17) is 15.2 Å². The van der Waals surface area contributed by atoms with E-state index in [1.807, 2.05) is 6.07 Å². The third-order valence-corrected chi connectivity index (χ3v) is 6.78. The Bertz CT molecular complexity index is 1300. The zero-order valence-corrected chi connectivity index (χ0v) is 21.9. The lowest BCUT2D eigenvalue weighted by Crippen LogP contribution is -2.48. The van der Waals surface area contributed by atoms with Gasteiger partial charge in [-0.05, 0) is 72.3 Å². The SMILES string of the molecule is COc1cc2nc(C)nc(N[C@H](C)c3cc(C(F)(F)F)cc(N)n3)c2cc1OC(C)(C)[C@@H]1CCCN1C. The molecule has 0 saturated carbocycles. The largest absolute Gasteiger partial charge is 0.493 e. The first-order chi connectivity index (χ1) is 17.3. The molecule has 200 valence electrons. The number of anilines is 2. The fourth-order valence-electron chi connectivity index (χ4n) is 4.98.